The number of aryl methyl sites for hydroxylation is 1. The zero-order valence-corrected chi connectivity index (χ0v) is 12.1. The van der Waals surface area contributed by atoms with Crippen LogP contribution in [0.15, 0.2) is 12.5 Å². The average molecular weight is 289 g/mol. The van der Waals surface area contributed by atoms with Crippen LogP contribution in [-0.2, 0) is 11.8 Å². The highest BCUT2D eigenvalue weighted by Gasteiger charge is 2.26. The summed E-state index contributed by atoms with van der Waals surface area (Å²) in [4.78, 5) is 21.8. The van der Waals surface area contributed by atoms with Crippen molar-refractivity contribution >= 4 is 22.8 Å². The van der Waals surface area contributed by atoms with Crippen molar-refractivity contribution < 1.29 is 9.90 Å². The number of aliphatic carboxylic acids is 1. The van der Waals surface area contributed by atoms with Gasteiger partial charge in [-0.2, -0.15) is 5.10 Å². The lowest BCUT2D eigenvalue weighted by Gasteiger charge is -2.36. The van der Waals surface area contributed by atoms with Crippen LogP contribution >= 0.6 is 0 Å². The molecule has 0 radical (unpaired) electrons. The first-order valence-electron chi connectivity index (χ1n) is 7.28. The fourth-order valence-electron chi connectivity index (χ4n) is 3.05. The summed E-state index contributed by atoms with van der Waals surface area (Å²) >= 11 is 0. The average Bonchev–Trinajstić information content (AvgIpc) is 2.87. The number of aromatic nitrogens is 4. The van der Waals surface area contributed by atoms with Gasteiger partial charge in [0.05, 0.1) is 11.6 Å². The second-order valence-corrected chi connectivity index (χ2v) is 5.48. The van der Waals surface area contributed by atoms with Crippen LogP contribution in [0, 0.1) is 0 Å². The highest BCUT2D eigenvalue weighted by atomic mass is 16.4. The van der Waals surface area contributed by atoms with E-state index >= 15 is 0 Å². The number of piperidine rings is 1. The second kappa shape index (κ2) is 5.67. The minimum absolute atomic E-state index is 0.197. The number of anilines is 1. The third-order valence-corrected chi connectivity index (χ3v) is 4.10. The standard InChI is InChI=1S/C14H19N5O2/c1-18-13-11(8-17-18)14(16-9-15-13)19-7-3-2-4-10(19)5-6-12(20)21/h8-10H,2-7H2,1H3,(H,20,21). The topological polar surface area (TPSA) is 84.1 Å². The van der Waals surface area contributed by atoms with Crippen LogP contribution in [0.5, 0.6) is 0 Å². The lowest BCUT2D eigenvalue weighted by atomic mass is 9.97. The zero-order chi connectivity index (χ0) is 14.8. The van der Waals surface area contributed by atoms with Crippen LogP contribution in [0.25, 0.3) is 11.0 Å². The van der Waals surface area contributed by atoms with E-state index in [1.165, 1.54) is 0 Å². The van der Waals surface area contributed by atoms with E-state index in [0.717, 1.165) is 42.7 Å². The highest BCUT2D eigenvalue weighted by molar-refractivity contribution is 5.86. The summed E-state index contributed by atoms with van der Waals surface area (Å²) in [6.45, 7) is 0.908. The van der Waals surface area contributed by atoms with Gasteiger partial charge in [0.2, 0.25) is 0 Å². The molecule has 1 unspecified atom stereocenters. The molecule has 21 heavy (non-hydrogen) atoms. The Kier molecular flexibility index (Phi) is 3.72. The predicted octanol–water partition coefficient (Wildman–Crippen LogP) is 1.59. The monoisotopic (exact) mass is 289 g/mol. The molecule has 0 saturated carbocycles. The van der Waals surface area contributed by atoms with Gasteiger partial charge < -0.3 is 10.0 Å². The number of fused-ring (bicyclic) bond motifs is 1. The van der Waals surface area contributed by atoms with Gasteiger partial charge >= 0.3 is 5.97 Å². The molecule has 7 heteroatoms. The van der Waals surface area contributed by atoms with Gasteiger partial charge in [0.1, 0.15) is 12.1 Å². The summed E-state index contributed by atoms with van der Waals surface area (Å²) in [6.07, 6.45) is 7.45. The van der Waals surface area contributed by atoms with E-state index in [2.05, 4.69) is 20.0 Å². The normalized spacial score (nSPS) is 19.1. The van der Waals surface area contributed by atoms with E-state index in [-0.39, 0.29) is 12.5 Å². The molecular formula is C14H19N5O2. The third kappa shape index (κ3) is 2.68. The largest absolute Gasteiger partial charge is 0.481 e. The number of carbonyl (C=O) groups is 1. The molecule has 1 fully saturated rings. The molecular weight excluding hydrogens is 270 g/mol. The first kappa shape index (κ1) is 13.8. The van der Waals surface area contributed by atoms with Crippen molar-refractivity contribution in [1.82, 2.24) is 19.7 Å². The number of rotatable bonds is 4. The molecule has 2 aromatic heterocycles. The van der Waals surface area contributed by atoms with E-state index in [9.17, 15) is 4.79 Å². The molecule has 0 amide bonds. The molecule has 0 aromatic carbocycles. The van der Waals surface area contributed by atoms with Crippen LogP contribution in [0.3, 0.4) is 0 Å². The van der Waals surface area contributed by atoms with Crippen LogP contribution in [0.4, 0.5) is 5.82 Å². The van der Waals surface area contributed by atoms with Crippen molar-refractivity contribution in [3.8, 4) is 0 Å². The highest BCUT2D eigenvalue weighted by Crippen LogP contribution is 2.30. The van der Waals surface area contributed by atoms with Gasteiger partial charge in [-0.15, -0.1) is 0 Å². The summed E-state index contributed by atoms with van der Waals surface area (Å²) in [7, 11) is 1.86. The zero-order valence-electron chi connectivity index (χ0n) is 12.1. The number of carboxylic acid groups (broad SMARTS) is 1. The molecule has 1 saturated heterocycles. The Labute approximate surface area is 122 Å². The molecule has 1 aliphatic heterocycles. The Morgan fingerprint density at radius 3 is 3.10 bits per heavy atom. The Balaban J connectivity index is 1.92. The smallest absolute Gasteiger partial charge is 0.303 e. The van der Waals surface area contributed by atoms with Gasteiger partial charge in [-0.1, -0.05) is 0 Å². The molecule has 1 aliphatic rings. The molecule has 7 nitrogen and oxygen atoms in total. The fourth-order valence-corrected chi connectivity index (χ4v) is 3.05. The maximum absolute atomic E-state index is 10.8. The van der Waals surface area contributed by atoms with Gasteiger partial charge in [-0.25, -0.2) is 9.97 Å². The van der Waals surface area contributed by atoms with Crippen molar-refractivity contribution in [2.24, 2.45) is 7.05 Å². The molecule has 2 aromatic rings. The maximum Gasteiger partial charge on any atom is 0.303 e. The number of hydrogen-bond donors (Lipinski definition) is 1. The van der Waals surface area contributed by atoms with Crippen LogP contribution < -0.4 is 4.90 Å². The van der Waals surface area contributed by atoms with Gasteiger partial charge in [-0.3, -0.25) is 9.48 Å². The molecule has 1 N–H and O–H groups in total. The minimum atomic E-state index is -0.741. The van der Waals surface area contributed by atoms with Crippen LogP contribution in [0.2, 0.25) is 0 Å². The van der Waals surface area contributed by atoms with Crippen molar-refractivity contribution in [3.05, 3.63) is 12.5 Å². The molecule has 3 heterocycles. The van der Waals surface area contributed by atoms with Gasteiger partial charge in [0.25, 0.3) is 0 Å². The van der Waals surface area contributed by atoms with Crippen LogP contribution in [-0.4, -0.2) is 43.4 Å². The molecule has 1 atom stereocenters. The van der Waals surface area contributed by atoms with E-state index in [4.69, 9.17) is 5.11 Å². The van der Waals surface area contributed by atoms with Gasteiger partial charge in [0, 0.05) is 26.1 Å². The second-order valence-electron chi connectivity index (χ2n) is 5.48. The van der Waals surface area contributed by atoms with E-state index in [1.54, 1.807) is 17.2 Å². The van der Waals surface area contributed by atoms with Crippen LogP contribution in [0.1, 0.15) is 32.1 Å². The van der Waals surface area contributed by atoms with Gasteiger partial charge in [0.15, 0.2) is 5.65 Å². The molecule has 112 valence electrons. The lowest BCUT2D eigenvalue weighted by Crippen LogP contribution is -2.40. The fraction of sp³-hybridized carbons (Fsp3) is 0.571. The van der Waals surface area contributed by atoms with E-state index < -0.39 is 5.97 Å². The summed E-state index contributed by atoms with van der Waals surface area (Å²) in [6, 6.07) is 0.230. The van der Waals surface area contributed by atoms with Crippen molar-refractivity contribution in [1.29, 1.82) is 0 Å². The molecule has 0 bridgehead atoms. The first-order chi connectivity index (χ1) is 10.2. The Morgan fingerprint density at radius 2 is 2.29 bits per heavy atom. The van der Waals surface area contributed by atoms with Gasteiger partial charge in [-0.05, 0) is 25.7 Å². The van der Waals surface area contributed by atoms with E-state index in [0.29, 0.717) is 6.42 Å². The first-order valence-corrected chi connectivity index (χ1v) is 7.28. The predicted molar refractivity (Wildman–Crippen MR) is 78.2 cm³/mol. The van der Waals surface area contributed by atoms with Crippen molar-refractivity contribution in [2.45, 2.75) is 38.1 Å². The molecule has 3 rings (SSSR count). The SMILES string of the molecule is Cn1ncc2c(N3CCCCC3CCC(=O)O)ncnc21. The number of nitrogens with zero attached hydrogens (tertiary/aromatic N) is 5. The Hall–Kier alpha value is -2.18. The van der Waals surface area contributed by atoms with E-state index in [1.807, 2.05) is 7.05 Å². The lowest BCUT2D eigenvalue weighted by molar-refractivity contribution is -0.137. The summed E-state index contributed by atoms with van der Waals surface area (Å²) in [5.74, 6) is 0.137. The Bertz CT molecular complexity index is 654. The summed E-state index contributed by atoms with van der Waals surface area (Å²) in [5, 5.41) is 14.1. The third-order valence-electron chi connectivity index (χ3n) is 4.10. The molecule has 0 aliphatic carbocycles. The Morgan fingerprint density at radius 1 is 1.43 bits per heavy atom. The maximum atomic E-state index is 10.8. The quantitative estimate of drug-likeness (QED) is 0.920. The summed E-state index contributed by atoms with van der Waals surface area (Å²) < 4.78 is 1.73. The van der Waals surface area contributed by atoms with Crippen molar-refractivity contribution in [3.63, 3.8) is 0 Å². The molecule has 0 spiro atoms. The number of hydrogen-bond acceptors (Lipinski definition) is 5. The minimum Gasteiger partial charge on any atom is -0.481 e. The number of carboxylic acids is 1. The summed E-state index contributed by atoms with van der Waals surface area (Å²) in [5.41, 5.74) is 0.808. The van der Waals surface area contributed by atoms with Crippen molar-refractivity contribution in [2.75, 3.05) is 11.4 Å².